The number of rotatable bonds is 4. The molecule has 1 atom stereocenters. The number of urea groups is 1. The molecule has 1 heterocycles. The summed E-state index contributed by atoms with van der Waals surface area (Å²) < 4.78 is 5.14. The molecular formula is C20H21N3O4. The van der Waals surface area contributed by atoms with Gasteiger partial charge in [-0.3, -0.25) is 4.79 Å². The van der Waals surface area contributed by atoms with Gasteiger partial charge in [0, 0.05) is 11.4 Å². The van der Waals surface area contributed by atoms with Gasteiger partial charge in [0.15, 0.2) is 11.5 Å². The summed E-state index contributed by atoms with van der Waals surface area (Å²) in [5, 5.41) is 18.1. The molecule has 7 heteroatoms. The number of hydrogen-bond acceptors (Lipinski definition) is 4. The van der Waals surface area contributed by atoms with Crippen LogP contribution in [0.2, 0.25) is 0 Å². The molecule has 0 fully saturated rings. The Morgan fingerprint density at radius 1 is 1.19 bits per heavy atom. The van der Waals surface area contributed by atoms with Crippen molar-refractivity contribution in [2.24, 2.45) is 0 Å². The highest BCUT2D eigenvalue weighted by Crippen LogP contribution is 2.33. The Kier molecular flexibility index (Phi) is 5.03. The van der Waals surface area contributed by atoms with Gasteiger partial charge in [-0.05, 0) is 43.2 Å². The molecule has 7 nitrogen and oxygen atoms in total. The van der Waals surface area contributed by atoms with Crippen LogP contribution in [0.15, 0.2) is 53.7 Å². The van der Waals surface area contributed by atoms with Crippen LogP contribution >= 0.6 is 0 Å². The van der Waals surface area contributed by atoms with Crippen LogP contribution in [0.1, 0.15) is 24.1 Å². The Morgan fingerprint density at radius 3 is 2.63 bits per heavy atom. The van der Waals surface area contributed by atoms with E-state index in [2.05, 4.69) is 16.0 Å². The van der Waals surface area contributed by atoms with Crippen LogP contribution in [-0.2, 0) is 4.79 Å². The lowest BCUT2D eigenvalue weighted by molar-refractivity contribution is -0.113. The molecule has 2 aromatic rings. The molecule has 140 valence electrons. The lowest BCUT2D eigenvalue weighted by Crippen LogP contribution is -2.46. The van der Waals surface area contributed by atoms with Gasteiger partial charge in [-0.2, -0.15) is 0 Å². The Morgan fingerprint density at radius 2 is 1.93 bits per heavy atom. The second-order valence-corrected chi connectivity index (χ2v) is 6.27. The molecule has 27 heavy (non-hydrogen) atoms. The minimum atomic E-state index is -0.683. The topological polar surface area (TPSA) is 99.7 Å². The first kappa shape index (κ1) is 18.3. The third kappa shape index (κ3) is 3.72. The van der Waals surface area contributed by atoms with E-state index in [1.165, 1.54) is 13.2 Å². The number of methoxy groups -OCH3 is 1. The molecule has 0 aromatic heterocycles. The molecular weight excluding hydrogens is 346 g/mol. The van der Waals surface area contributed by atoms with Crippen LogP contribution in [0.25, 0.3) is 0 Å². The SMILES string of the molecule is COc1cc(C2NC(=O)NC(C)=C2C(=O)Nc2ccccc2C)ccc1O. The largest absolute Gasteiger partial charge is 0.504 e. The number of nitrogens with one attached hydrogen (secondary N) is 3. The summed E-state index contributed by atoms with van der Waals surface area (Å²) in [5.74, 6) is -0.0870. The third-order valence-corrected chi connectivity index (χ3v) is 4.44. The van der Waals surface area contributed by atoms with Crippen molar-refractivity contribution >= 4 is 17.6 Å². The highest BCUT2D eigenvalue weighted by molar-refractivity contribution is 6.07. The maximum absolute atomic E-state index is 13.0. The molecule has 0 aliphatic carbocycles. The number of benzene rings is 2. The van der Waals surface area contributed by atoms with E-state index in [4.69, 9.17) is 4.74 Å². The summed E-state index contributed by atoms with van der Waals surface area (Å²) in [6.45, 7) is 3.58. The van der Waals surface area contributed by atoms with E-state index >= 15 is 0 Å². The summed E-state index contributed by atoms with van der Waals surface area (Å²) in [6, 6.07) is 11.1. The maximum atomic E-state index is 13.0. The molecule has 1 aliphatic rings. The van der Waals surface area contributed by atoms with Crippen LogP contribution in [0.3, 0.4) is 0 Å². The number of allylic oxidation sites excluding steroid dienone is 1. The van der Waals surface area contributed by atoms with E-state index in [1.54, 1.807) is 19.1 Å². The standard InChI is InChI=1S/C20H21N3O4/c1-11-6-4-5-7-14(11)22-19(25)17-12(2)21-20(26)23-18(17)13-8-9-15(24)16(10-13)27-3/h4-10,18,24H,1-3H3,(H,22,25)(H2,21,23,26). The van der Waals surface area contributed by atoms with Crippen LogP contribution in [0.5, 0.6) is 11.5 Å². The lowest BCUT2D eigenvalue weighted by atomic mass is 9.94. The van der Waals surface area contributed by atoms with Gasteiger partial charge in [-0.1, -0.05) is 24.3 Å². The molecule has 3 amide bonds. The molecule has 4 N–H and O–H groups in total. The molecule has 2 aromatic carbocycles. The zero-order valence-electron chi connectivity index (χ0n) is 15.3. The maximum Gasteiger partial charge on any atom is 0.319 e. The average Bonchev–Trinajstić information content (AvgIpc) is 2.63. The number of carbonyl (C=O) groups excluding carboxylic acids is 2. The van der Waals surface area contributed by atoms with Crippen LogP contribution in [0, 0.1) is 6.92 Å². The number of phenolic OH excluding ortho intramolecular Hbond substituents is 1. The highest BCUT2D eigenvalue weighted by Gasteiger charge is 2.31. The number of aryl methyl sites for hydroxylation is 1. The molecule has 0 spiro atoms. The van der Waals surface area contributed by atoms with Crippen LogP contribution < -0.4 is 20.7 Å². The highest BCUT2D eigenvalue weighted by atomic mass is 16.5. The quantitative estimate of drug-likeness (QED) is 0.667. The van der Waals surface area contributed by atoms with E-state index < -0.39 is 12.1 Å². The van der Waals surface area contributed by atoms with Gasteiger partial charge < -0.3 is 25.8 Å². The van der Waals surface area contributed by atoms with Crippen molar-refractivity contribution in [1.82, 2.24) is 10.6 Å². The number of aromatic hydroxyl groups is 1. The molecule has 3 rings (SSSR count). The summed E-state index contributed by atoms with van der Waals surface area (Å²) in [6.07, 6.45) is 0. The molecule has 0 radical (unpaired) electrons. The van der Waals surface area contributed by atoms with Crippen molar-refractivity contribution < 1.29 is 19.4 Å². The summed E-state index contributed by atoms with van der Waals surface area (Å²) in [5.41, 5.74) is 3.09. The molecule has 1 unspecified atom stereocenters. The number of amides is 3. The van der Waals surface area contributed by atoms with Crippen molar-refractivity contribution in [3.8, 4) is 11.5 Å². The van der Waals surface area contributed by atoms with Crippen LogP contribution in [-0.4, -0.2) is 24.2 Å². The second-order valence-electron chi connectivity index (χ2n) is 6.27. The van der Waals surface area contributed by atoms with Gasteiger partial charge >= 0.3 is 6.03 Å². The lowest BCUT2D eigenvalue weighted by Gasteiger charge is -2.29. The van der Waals surface area contributed by atoms with E-state index in [0.29, 0.717) is 22.5 Å². The van der Waals surface area contributed by atoms with Gasteiger partial charge in [0.2, 0.25) is 0 Å². The summed E-state index contributed by atoms with van der Waals surface area (Å²) in [7, 11) is 1.44. The molecule has 0 bridgehead atoms. The average molecular weight is 367 g/mol. The minimum Gasteiger partial charge on any atom is -0.504 e. The predicted molar refractivity (Wildman–Crippen MR) is 102 cm³/mol. The monoisotopic (exact) mass is 367 g/mol. The zero-order valence-corrected chi connectivity index (χ0v) is 15.3. The minimum absolute atomic E-state index is 0.0203. The summed E-state index contributed by atoms with van der Waals surface area (Å²) in [4.78, 5) is 25.0. The smallest absolute Gasteiger partial charge is 0.319 e. The number of para-hydroxylation sites is 1. The van der Waals surface area contributed by atoms with Gasteiger partial charge in [-0.15, -0.1) is 0 Å². The number of phenols is 1. The molecule has 1 aliphatic heterocycles. The predicted octanol–water partition coefficient (Wildman–Crippen LogP) is 2.98. The molecule has 0 saturated heterocycles. The first-order valence-corrected chi connectivity index (χ1v) is 8.43. The zero-order chi connectivity index (χ0) is 19.6. The van der Waals surface area contributed by atoms with Crippen molar-refractivity contribution in [3.05, 3.63) is 64.9 Å². The van der Waals surface area contributed by atoms with Gasteiger partial charge in [-0.25, -0.2) is 4.79 Å². The van der Waals surface area contributed by atoms with E-state index in [1.807, 2.05) is 31.2 Å². The van der Waals surface area contributed by atoms with Crippen LogP contribution in [0.4, 0.5) is 10.5 Å². The number of anilines is 1. The first-order chi connectivity index (χ1) is 12.9. The van der Waals surface area contributed by atoms with Crippen molar-refractivity contribution in [3.63, 3.8) is 0 Å². The van der Waals surface area contributed by atoms with E-state index in [0.717, 1.165) is 5.56 Å². The third-order valence-electron chi connectivity index (χ3n) is 4.44. The van der Waals surface area contributed by atoms with Crippen molar-refractivity contribution in [1.29, 1.82) is 0 Å². The summed E-state index contributed by atoms with van der Waals surface area (Å²) >= 11 is 0. The fraction of sp³-hybridized carbons (Fsp3) is 0.200. The Labute approximate surface area is 157 Å². The number of carbonyl (C=O) groups is 2. The second kappa shape index (κ2) is 7.41. The van der Waals surface area contributed by atoms with E-state index in [9.17, 15) is 14.7 Å². The van der Waals surface area contributed by atoms with Crippen molar-refractivity contribution in [2.45, 2.75) is 19.9 Å². The first-order valence-electron chi connectivity index (χ1n) is 8.43. The Balaban J connectivity index is 1.99. The Bertz CT molecular complexity index is 937. The normalized spacial score (nSPS) is 16.4. The van der Waals surface area contributed by atoms with Gasteiger partial charge in [0.1, 0.15) is 0 Å². The fourth-order valence-corrected chi connectivity index (χ4v) is 3.02. The van der Waals surface area contributed by atoms with Crippen molar-refractivity contribution in [2.75, 3.05) is 12.4 Å². The number of hydrogen-bond donors (Lipinski definition) is 4. The van der Waals surface area contributed by atoms with E-state index in [-0.39, 0.29) is 17.4 Å². The molecule has 0 saturated carbocycles. The fourth-order valence-electron chi connectivity index (χ4n) is 3.02. The van der Waals surface area contributed by atoms with Gasteiger partial charge in [0.05, 0.1) is 18.7 Å². The van der Waals surface area contributed by atoms with Gasteiger partial charge in [0.25, 0.3) is 5.91 Å². The number of ether oxygens (including phenoxy) is 1. The Hall–Kier alpha value is -3.48.